The fourth-order valence-electron chi connectivity index (χ4n) is 3.78. The Morgan fingerprint density at radius 3 is 2.36 bits per heavy atom. The van der Waals surface area contributed by atoms with E-state index in [-0.39, 0.29) is 37.1 Å². The Morgan fingerprint density at radius 2 is 1.73 bits per heavy atom. The minimum Gasteiger partial charge on any atom is -0.465 e. The normalized spacial score (nSPS) is 13.8. The molecule has 0 spiro atoms. The molecule has 0 saturated carbocycles. The predicted molar refractivity (Wildman–Crippen MR) is 120 cm³/mol. The smallest absolute Gasteiger partial charge is 0.320 e. The Kier molecular flexibility index (Phi) is 8.31. The Hall–Kier alpha value is -3.53. The Morgan fingerprint density at radius 1 is 1.06 bits per heavy atom. The van der Waals surface area contributed by atoms with E-state index in [4.69, 9.17) is 4.74 Å². The van der Waals surface area contributed by atoms with Crippen molar-refractivity contribution in [2.75, 3.05) is 50.8 Å². The molecule has 176 valence electrons. The number of hydrogen-bond acceptors (Lipinski definition) is 7. The van der Waals surface area contributed by atoms with Gasteiger partial charge in [0.15, 0.2) is 0 Å². The highest BCUT2D eigenvalue weighted by Crippen LogP contribution is 2.28. The molecule has 0 bridgehead atoms. The molecule has 0 atom stereocenters. The number of nitro benzene ring substituents is 1. The number of esters is 1. The van der Waals surface area contributed by atoms with Crippen LogP contribution < -0.4 is 4.90 Å². The number of piperazine rings is 1. The second-order valence-electron chi connectivity index (χ2n) is 7.69. The summed E-state index contributed by atoms with van der Waals surface area (Å²) in [6.07, 6.45) is 0. The van der Waals surface area contributed by atoms with Crippen LogP contribution in [-0.4, -0.2) is 72.5 Å². The fraction of sp³-hybridized carbons (Fsp3) is 0.391. The lowest BCUT2D eigenvalue weighted by molar-refractivity contribution is -0.384. The number of rotatable bonds is 9. The molecule has 1 amide bonds. The molecule has 3 rings (SSSR count). The van der Waals surface area contributed by atoms with Crippen molar-refractivity contribution in [2.24, 2.45) is 0 Å². The molecular formula is C23H27FN4O5. The lowest BCUT2D eigenvalue weighted by atomic mass is 10.2. The maximum absolute atomic E-state index is 13.2. The topological polar surface area (TPSA) is 96.2 Å². The maximum Gasteiger partial charge on any atom is 0.320 e. The summed E-state index contributed by atoms with van der Waals surface area (Å²) in [5.74, 6) is -0.944. The van der Waals surface area contributed by atoms with E-state index in [9.17, 15) is 24.1 Å². The molecule has 1 aliphatic rings. The number of benzene rings is 2. The monoisotopic (exact) mass is 458 g/mol. The minimum absolute atomic E-state index is 0.00166. The van der Waals surface area contributed by atoms with Crippen molar-refractivity contribution >= 4 is 23.3 Å². The van der Waals surface area contributed by atoms with Gasteiger partial charge in [0.05, 0.1) is 24.6 Å². The van der Waals surface area contributed by atoms with Crippen molar-refractivity contribution < 1.29 is 23.6 Å². The third-order valence-electron chi connectivity index (χ3n) is 5.39. The Bertz CT molecular complexity index is 977. The minimum atomic E-state index is -0.436. The van der Waals surface area contributed by atoms with Gasteiger partial charge in [0.2, 0.25) is 5.91 Å². The van der Waals surface area contributed by atoms with Gasteiger partial charge in [0, 0.05) is 38.8 Å². The van der Waals surface area contributed by atoms with Crippen LogP contribution in [0.2, 0.25) is 0 Å². The first kappa shape index (κ1) is 24.1. The first-order chi connectivity index (χ1) is 15.9. The first-order valence-electron chi connectivity index (χ1n) is 10.8. The highest BCUT2D eigenvalue weighted by Gasteiger charge is 2.27. The van der Waals surface area contributed by atoms with E-state index in [1.807, 2.05) is 4.90 Å². The average molecular weight is 458 g/mol. The van der Waals surface area contributed by atoms with Gasteiger partial charge in [-0.2, -0.15) is 0 Å². The lowest BCUT2D eigenvalue weighted by Gasteiger charge is -2.36. The van der Waals surface area contributed by atoms with E-state index >= 15 is 0 Å². The van der Waals surface area contributed by atoms with Crippen molar-refractivity contribution in [3.8, 4) is 0 Å². The van der Waals surface area contributed by atoms with E-state index < -0.39 is 10.9 Å². The predicted octanol–water partition coefficient (Wildman–Crippen LogP) is 2.45. The van der Waals surface area contributed by atoms with Crippen molar-refractivity contribution in [1.82, 2.24) is 9.80 Å². The third-order valence-corrected chi connectivity index (χ3v) is 5.39. The number of hydrogen-bond donors (Lipinski definition) is 0. The molecule has 0 aromatic heterocycles. The molecule has 10 heteroatoms. The maximum atomic E-state index is 13.2. The van der Waals surface area contributed by atoms with Crippen LogP contribution in [0.15, 0.2) is 48.5 Å². The molecule has 33 heavy (non-hydrogen) atoms. The molecule has 1 fully saturated rings. The van der Waals surface area contributed by atoms with Gasteiger partial charge in [0.25, 0.3) is 5.69 Å². The van der Waals surface area contributed by atoms with Crippen LogP contribution in [0.5, 0.6) is 0 Å². The van der Waals surface area contributed by atoms with E-state index in [1.54, 1.807) is 47.1 Å². The highest BCUT2D eigenvalue weighted by molar-refractivity contribution is 5.80. The SMILES string of the molecule is CCOC(=O)CN(CC(=O)N1CCN(c2ccccc2[N+](=O)[O-])CC1)Cc1ccc(F)cc1. The zero-order valence-corrected chi connectivity index (χ0v) is 18.5. The summed E-state index contributed by atoms with van der Waals surface area (Å²) in [7, 11) is 0. The molecule has 0 N–H and O–H groups in total. The van der Waals surface area contributed by atoms with Crippen LogP contribution in [0.4, 0.5) is 15.8 Å². The zero-order chi connectivity index (χ0) is 23.8. The van der Waals surface area contributed by atoms with Crippen molar-refractivity contribution in [2.45, 2.75) is 13.5 Å². The highest BCUT2D eigenvalue weighted by atomic mass is 19.1. The van der Waals surface area contributed by atoms with Crippen LogP contribution in [0.25, 0.3) is 0 Å². The number of amides is 1. The van der Waals surface area contributed by atoms with Gasteiger partial charge < -0.3 is 14.5 Å². The molecule has 9 nitrogen and oxygen atoms in total. The molecule has 1 heterocycles. The summed E-state index contributed by atoms with van der Waals surface area (Å²) in [6, 6.07) is 12.5. The van der Waals surface area contributed by atoms with E-state index in [2.05, 4.69) is 0 Å². The van der Waals surface area contributed by atoms with Gasteiger partial charge in [-0.15, -0.1) is 0 Å². The summed E-state index contributed by atoms with van der Waals surface area (Å²) in [4.78, 5) is 41.1. The molecule has 0 radical (unpaired) electrons. The molecule has 0 aliphatic carbocycles. The Balaban J connectivity index is 1.62. The van der Waals surface area contributed by atoms with E-state index in [0.717, 1.165) is 5.56 Å². The summed E-state index contributed by atoms with van der Waals surface area (Å²) in [5, 5.41) is 11.3. The second kappa shape index (κ2) is 11.4. The number of nitrogens with zero attached hydrogens (tertiary/aromatic N) is 4. The van der Waals surface area contributed by atoms with Gasteiger partial charge in [0.1, 0.15) is 11.5 Å². The molecular weight excluding hydrogens is 431 g/mol. The number of anilines is 1. The summed E-state index contributed by atoms with van der Waals surface area (Å²) < 4.78 is 18.2. The largest absolute Gasteiger partial charge is 0.465 e. The van der Waals surface area contributed by atoms with Gasteiger partial charge in [-0.3, -0.25) is 24.6 Å². The summed E-state index contributed by atoms with van der Waals surface area (Å²) >= 11 is 0. The van der Waals surface area contributed by atoms with E-state index in [0.29, 0.717) is 38.4 Å². The summed E-state index contributed by atoms with van der Waals surface area (Å²) in [6.45, 7) is 3.94. The number of carbonyl (C=O) groups excluding carboxylic acids is 2. The van der Waals surface area contributed by atoms with Gasteiger partial charge >= 0.3 is 5.97 Å². The number of nitro groups is 1. The fourth-order valence-corrected chi connectivity index (χ4v) is 3.78. The average Bonchev–Trinajstić information content (AvgIpc) is 2.80. The molecule has 0 unspecified atom stereocenters. The standard InChI is InChI=1S/C23H27FN4O5/c1-2-33-23(30)17-25(15-18-7-9-19(24)10-8-18)16-22(29)27-13-11-26(12-14-27)20-5-3-4-6-21(20)28(31)32/h3-10H,2,11-17H2,1H3. The van der Waals surface area contributed by atoms with Crippen LogP contribution in [0.1, 0.15) is 12.5 Å². The quantitative estimate of drug-likeness (QED) is 0.324. The zero-order valence-electron chi connectivity index (χ0n) is 18.5. The van der Waals surface area contributed by atoms with Crippen LogP contribution in [0, 0.1) is 15.9 Å². The van der Waals surface area contributed by atoms with Gasteiger partial charge in [-0.05, 0) is 30.7 Å². The molecule has 2 aromatic rings. The third kappa shape index (κ3) is 6.72. The van der Waals surface area contributed by atoms with E-state index in [1.165, 1.54) is 18.2 Å². The first-order valence-corrected chi connectivity index (χ1v) is 10.8. The molecule has 1 aliphatic heterocycles. The molecule has 2 aromatic carbocycles. The van der Waals surface area contributed by atoms with Crippen LogP contribution >= 0.6 is 0 Å². The van der Waals surface area contributed by atoms with Crippen molar-refractivity contribution in [1.29, 1.82) is 0 Å². The summed E-state index contributed by atoms with van der Waals surface area (Å²) in [5.41, 5.74) is 1.35. The van der Waals surface area contributed by atoms with Gasteiger partial charge in [-0.25, -0.2) is 4.39 Å². The number of para-hydroxylation sites is 2. The number of halogens is 1. The lowest BCUT2D eigenvalue weighted by Crippen LogP contribution is -2.51. The van der Waals surface area contributed by atoms with Crippen molar-refractivity contribution in [3.63, 3.8) is 0 Å². The van der Waals surface area contributed by atoms with Crippen molar-refractivity contribution in [3.05, 3.63) is 70.0 Å². The van der Waals surface area contributed by atoms with Gasteiger partial charge in [-0.1, -0.05) is 24.3 Å². The second-order valence-corrected chi connectivity index (χ2v) is 7.69. The molecule has 1 saturated heterocycles. The number of carbonyl (C=O) groups is 2. The number of ether oxygens (including phenoxy) is 1. The van der Waals surface area contributed by atoms with Crippen LogP contribution in [-0.2, 0) is 20.9 Å². The Labute approximate surface area is 191 Å². The van der Waals surface area contributed by atoms with Crippen LogP contribution in [0.3, 0.4) is 0 Å².